The molecule has 0 radical (unpaired) electrons. The number of urea groups is 1. The van der Waals surface area contributed by atoms with E-state index in [-0.39, 0.29) is 19.0 Å². The first kappa shape index (κ1) is 23.7. The summed E-state index contributed by atoms with van der Waals surface area (Å²) in [6.45, 7) is 0.556. The smallest absolute Gasteiger partial charge is 0.337 e. The van der Waals surface area contributed by atoms with E-state index in [0.29, 0.717) is 29.2 Å². The SMILES string of the molecule is COC(=O)c1ccc(NC(=O)CN2C(=O)N(Cc3ccc(Cl)cc3)C(=O)C3NCCCC32)cc1. The Morgan fingerprint density at radius 3 is 2.50 bits per heavy atom. The van der Waals surface area contributed by atoms with Crippen molar-refractivity contribution < 1.29 is 23.9 Å². The minimum Gasteiger partial charge on any atom is -0.465 e. The molecule has 0 aliphatic carbocycles. The molecule has 4 amide bonds. The summed E-state index contributed by atoms with van der Waals surface area (Å²) >= 11 is 5.95. The zero-order valence-electron chi connectivity index (χ0n) is 18.6. The van der Waals surface area contributed by atoms with E-state index >= 15 is 0 Å². The predicted molar refractivity (Wildman–Crippen MR) is 125 cm³/mol. The Morgan fingerprint density at radius 2 is 1.82 bits per heavy atom. The number of rotatable bonds is 6. The number of benzene rings is 2. The lowest BCUT2D eigenvalue weighted by Gasteiger charge is -2.46. The lowest BCUT2D eigenvalue weighted by Crippen LogP contribution is -2.70. The van der Waals surface area contributed by atoms with Crippen LogP contribution in [0.4, 0.5) is 10.5 Å². The molecule has 2 atom stereocenters. The van der Waals surface area contributed by atoms with Gasteiger partial charge >= 0.3 is 12.0 Å². The van der Waals surface area contributed by atoms with E-state index in [9.17, 15) is 19.2 Å². The maximum atomic E-state index is 13.3. The number of nitrogens with one attached hydrogen (secondary N) is 2. The highest BCUT2D eigenvalue weighted by Crippen LogP contribution is 2.26. The Bertz CT molecular complexity index is 1090. The predicted octanol–water partition coefficient (Wildman–Crippen LogP) is 2.65. The molecule has 0 bridgehead atoms. The van der Waals surface area contributed by atoms with Crippen molar-refractivity contribution in [3.63, 3.8) is 0 Å². The number of methoxy groups -OCH3 is 1. The van der Waals surface area contributed by atoms with Crippen molar-refractivity contribution in [2.24, 2.45) is 0 Å². The van der Waals surface area contributed by atoms with Crippen molar-refractivity contribution in [3.8, 4) is 0 Å². The Kier molecular flexibility index (Phi) is 7.14. The number of fused-ring (bicyclic) bond motifs is 1. The van der Waals surface area contributed by atoms with Gasteiger partial charge in [0.25, 0.3) is 0 Å². The van der Waals surface area contributed by atoms with Crippen molar-refractivity contribution >= 4 is 41.1 Å². The van der Waals surface area contributed by atoms with Crippen molar-refractivity contribution in [3.05, 3.63) is 64.7 Å². The van der Waals surface area contributed by atoms with Gasteiger partial charge in [-0.1, -0.05) is 23.7 Å². The molecule has 178 valence electrons. The number of ether oxygens (including phenoxy) is 1. The molecular weight excluding hydrogens is 460 g/mol. The molecule has 2 unspecified atom stereocenters. The van der Waals surface area contributed by atoms with Crippen LogP contribution in [-0.2, 0) is 20.9 Å². The highest BCUT2D eigenvalue weighted by molar-refractivity contribution is 6.30. The average Bonchev–Trinajstić information content (AvgIpc) is 2.85. The first-order valence-corrected chi connectivity index (χ1v) is 11.3. The maximum absolute atomic E-state index is 13.3. The molecule has 2 N–H and O–H groups in total. The number of carbonyl (C=O) groups is 4. The number of esters is 1. The quantitative estimate of drug-likeness (QED) is 0.610. The Balaban J connectivity index is 1.49. The number of hydrogen-bond acceptors (Lipinski definition) is 6. The van der Waals surface area contributed by atoms with E-state index in [0.717, 1.165) is 12.0 Å². The van der Waals surface area contributed by atoms with Gasteiger partial charge in [0.15, 0.2) is 0 Å². The van der Waals surface area contributed by atoms with Crippen molar-refractivity contribution in [1.82, 2.24) is 15.1 Å². The molecule has 2 heterocycles. The van der Waals surface area contributed by atoms with Gasteiger partial charge in [-0.15, -0.1) is 0 Å². The standard InChI is InChI=1S/C24H25ClN4O5/c1-34-23(32)16-6-10-18(11-7-16)27-20(30)14-28-19-3-2-12-26-21(19)22(31)29(24(28)33)13-15-4-8-17(25)9-5-15/h4-11,19,21,26H,2-3,12-14H2,1H3,(H,27,30). The molecule has 34 heavy (non-hydrogen) atoms. The molecule has 10 heteroatoms. The topological polar surface area (TPSA) is 108 Å². The number of nitrogens with zero attached hydrogens (tertiary/aromatic N) is 2. The summed E-state index contributed by atoms with van der Waals surface area (Å²) in [5.74, 6) is -1.16. The largest absolute Gasteiger partial charge is 0.465 e. The summed E-state index contributed by atoms with van der Waals surface area (Å²) in [5.41, 5.74) is 1.60. The van der Waals surface area contributed by atoms with Gasteiger partial charge in [0, 0.05) is 10.7 Å². The third-order valence-corrected chi connectivity index (χ3v) is 6.24. The van der Waals surface area contributed by atoms with Crippen LogP contribution < -0.4 is 10.6 Å². The van der Waals surface area contributed by atoms with Gasteiger partial charge in [0.2, 0.25) is 11.8 Å². The third-order valence-electron chi connectivity index (χ3n) is 5.99. The van der Waals surface area contributed by atoms with Gasteiger partial charge in [-0.3, -0.25) is 14.5 Å². The van der Waals surface area contributed by atoms with Gasteiger partial charge in [0.1, 0.15) is 12.6 Å². The summed E-state index contributed by atoms with van der Waals surface area (Å²) < 4.78 is 4.67. The lowest BCUT2D eigenvalue weighted by atomic mass is 9.93. The van der Waals surface area contributed by atoms with Crippen molar-refractivity contribution in [2.75, 3.05) is 25.5 Å². The van der Waals surface area contributed by atoms with Crippen LogP contribution in [0.5, 0.6) is 0 Å². The van der Waals surface area contributed by atoms with Crippen LogP contribution in [0.3, 0.4) is 0 Å². The van der Waals surface area contributed by atoms with Gasteiger partial charge in [-0.05, 0) is 61.3 Å². The zero-order chi connectivity index (χ0) is 24.2. The number of piperidine rings is 1. The van der Waals surface area contributed by atoms with Crippen molar-refractivity contribution in [1.29, 1.82) is 0 Å². The Hall–Kier alpha value is -3.43. The number of hydrogen-bond donors (Lipinski definition) is 2. The average molecular weight is 485 g/mol. The number of imide groups is 1. The molecule has 0 spiro atoms. The second-order valence-electron chi connectivity index (χ2n) is 8.22. The fourth-order valence-electron chi connectivity index (χ4n) is 4.28. The molecule has 0 saturated carbocycles. The number of amides is 4. The fourth-order valence-corrected chi connectivity index (χ4v) is 4.41. The fraction of sp³-hybridized carbons (Fsp3) is 0.333. The van der Waals surface area contributed by atoms with Crippen LogP contribution in [0.15, 0.2) is 48.5 Å². The van der Waals surface area contributed by atoms with Crippen LogP contribution in [0.25, 0.3) is 0 Å². The van der Waals surface area contributed by atoms with E-state index in [1.54, 1.807) is 48.5 Å². The van der Waals surface area contributed by atoms with Crippen LogP contribution in [0.1, 0.15) is 28.8 Å². The van der Waals surface area contributed by atoms with Crippen LogP contribution in [0, 0.1) is 0 Å². The summed E-state index contributed by atoms with van der Waals surface area (Å²) in [6, 6.07) is 11.7. The molecule has 2 aromatic rings. The summed E-state index contributed by atoms with van der Waals surface area (Å²) in [5, 5.41) is 6.52. The highest BCUT2D eigenvalue weighted by Gasteiger charge is 2.47. The van der Waals surface area contributed by atoms with Crippen LogP contribution in [-0.4, -0.2) is 65.9 Å². The number of carbonyl (C=O) groups excluding carboxylic acids is 4. The van der Waals surface area contributed by atoms with E-state index in [1.165, 1.54) is 16.9 Å². The van der Waals surface area contributed by atoms with E-state index in [4.69, 9.17) is 11.6 Å². The number of anilines is 1. The molecule has 0 aromatic heterocycles. The summed E-state index contributed by atoms with van der Waals surface area (Å²) in [7, 11) is 1.29. The molecule has 2 saturated heterocycles. The Morgan fingerprint density at radius 1 is 1.12 bits per heavy atom. The molecule has 9 nitrogen and oxygen atoms in total. The Labute approximate surface area is 202 Å². The zero-order valence-corrected chi connectivity index (χ0v) is 19.4. The van der Waals surface area contributed by atoms with E-state index in [1.807, 2.05) is 0 Å². The minimum atomic E-state index is -0.564. The van der Waals surface area contributed by atoms with Crippen LogP contribution >= 0.6 is 11.6 Å². The lowest BCUT2D eigenvalue weighted by molar-refractivity contribution is -0.138. The normalized spacial score (nSPS) is 20.1. The molecule has 2 aliphatic heterocycles. The van der Waals surface area contributed by atoms with E-state index < -0.39 is 30.0 Å². The minimum absolute atomic E-state index is 0.0901. The molecule has 2 aliphatic rings. The molecular formula is C24H25ClN4O5. The molecule has 4 rings (SSSR count). The number of halogens is 1. The van der Waals surface area contributed by atoms with Crippen LogP contribution in [0.2, 0.25) is 5.02 Å². The van der Waals surface area contributed by atoms with Gasteiger partial charge < -0.3 is 20.3 Å². The second-order valence-corrected chi connectivity index (χ2v) is 8.66. The summed E-state index contributed by atoms with van der Waals surface area (Å²) in [4.78, 5) is 53.5. The van der Waals surface area contributed by atoms with Crippen molar-refractivity contribution in [2.45, 2.75) is 31.5 Å². The first-order chi connectivity index (χ1) is 16.4. The van der Waals surface area contributed by atoms with Gasteiger partial charge in [-0.2, -0.15) is 0 Å². The van der Waals surface area contributed by atoms with E-state index in [2.05, 4.69) is 15.4 Å². The monoisotopic (exact) mass is 484 g/mol. The third kappa shape index (κ3) is 5.05. The highest BCUT2D eigenvalue weighted by atomic mass is 35.5. The summed E-state index contributed by atoms with van der Waals surface area (Å²) in [6.07, 6.45) is 1.43. The molecule has 2 aromatic carbocycles. The maximum Gasteiger partial charge on any atom is 0.337 e. The first-order valence-electron chi connectivity index (χ1n) is 11.0. The van der Waals surface area contributed by atoms with Gasteiger partial charge in [0.05, 0.1) is 25.3 Å². The second kappa shape index (κ2) is 10.2. The molecule has 2 fully saturated rings. The van der Waals surface area contributed by atoms with Gasteiger partial charge in [-0.25, -0.2) is 9.59 Å².